The lowest BCUT2D eigenvalue weighted by Gasteiger charge is -2.32. The number of guanidine groups is 1. The molecule has 73 heavy (non-hydrogen) atoms. The van der Waals surface area contributed by atoms with Crippen LogP contribution in [0, 0.1) is 17.8 Å². The van der Waals surface area contributed by atoms with E-state index in [1.54, 1.807) is 34.6 Å². The third-order valence-electron chi connectivity index (χ3n) is 12.5. The lowest BCUT2D eigenvalue weighted by atomic mass is 9.96. The van der Waals surface area contributed by atoms with Gasteiger partial charge in [0.25, 0.3) is 0 Å². The standard InChI is InChI=1S/C48H78N12O13/c1-8-26(5)38(58-36(62)24-49)44(69)55-32(12-10-20-52-48(50)51)46(71)60-21-11-13-35(60)43(68)56-34(23-29-14-16-30(61)17-15-29)42(67)54-31(18-19-37(63)64)40(65)59-39(27(6)9-2)45(70)57-33(22-25(3)4)41(66)53-28(7)47(72)73/h14-17,25-28,31-35,38-39,61H,8-13,18-24,49H2,1-7H3,(H,53,66)(H,54,67)(H,55,69)(H,56,68)(H,57,70)(H,58,62)(H,59,65)(H,63,64)(H,72,73)(H4,50,51,52). The molecule has 1 aliphatic rings. The van der Waals surface area contributed by atoms with Gasteiger partial charge >= 0.3 is 11.9 Å². The minimum atomic E-state index is -1.60. The van der Waals surface area contributed by atoms with Crippen LogP contribution in [0.1, 0.15) is 112 Å². The van der Waals surface area contributed by atoms with Crippen molar-refractivity contribution < 1.29 is 63.3 Å². The number of nitrogens with two attached hydrogens (primary N) is 3. The molecule has 0 spiro atoms. The molecule has 25 heteroatoms. The largest absolute Gasteiger partial charge is 0.508 e. The lowest BCUT2D eigenvalue weighted by Crippen LogP contribution is -2.61. The van der Waals surface area contributed by atoms with Crippen LogP contribution in [0.15, 0.2) is 29.3 Å². The van der Waals surface area contributed by atoms with E-state index in [9.17, 15) is 63.3 Å². The molecule has 0 bridgehead atoms. The van der Waals surface area contributed by atoms with Crippen LogP contribution in [0.5, 0.6) is 5.75 Å². The highest BCUT2D eigenvalue weighted by molar-refractivity contribution is 5.98. The average molecular weight is 1030 g/mol. The number of carboxylic acid groups (broad SMARTS) is 2. The summed E-state index contributed by atoms with van der Waals surface area (Å²) in [6.07, 6.45) is 0.349. The molecule has 0 saturated carbocycles. The number of carbonyl (C=O) groups excluding carboxylic acids is 8. The third-order valence-corrected chi connectivity index (χ3v) is 12.5. The highest BCUT2D eigenvalue weighted by atomic mass is 16.4. The minimum Gasteiger partial charge on any atom is -0.508 e. The summed E-state index contributed by atoms with van der Waals surface area (Å²) in [5.74, 6) is -10.1. The molecule has 0 aliphatic carbocycles. The molecule has 0 radical (unpaired) electrons. The first-order valence-corrected chi connectivity index (χ1v) is 24.7. The normalized spacial score (nSPS) is 16.9. The Morgan fingerprint density at radius 1 is 0.699 bits per heavy atom. The van der Waals surface area contributed by atoms with Gasteiger partial charge in [-0.2, -0.15) is 0 Å². The summed E-state index contributed by atoms with van der Waals surface area (Å²) in [5.41, 5.74) is 16.9. The summed E-state index contributed by atoms with van der Waals surface area (Å²) >= 11 is 0. The molecule has 1 saturated heterocycles. The van der Waals surface area contributed by atoms with Crippen molar-refractivity contribution in [3.63, 3.8) is 0 Å². The molecular weight excluding hydrogens is 953 g/mol. The maximum Gasteiger partial charge on any atom is 0.325 e. The van der Waals surface area contributed by atoms with E-state index in [1.165, 1.54) is 36.1 Å². The molecule has 1 aromatic rings. The van der Waals surface area contributed by atoms with Crippen molar-refractivity contribution in [1.82, 2.24) is 42.1 Å². The first-order valence-electron chi connectivity index (χ1n) is 24.7. The quantitative estimate of drug-likeness (QED) is 0.0227. The number of carbonyl (C=O) groups is 10. The Bertz CT molecular complexity index is 2100. The second kappa shape index (κ2) is 30.7. The maximum atomic E-state index is 14.4. The summed E-state index contributed by atoms with van der Waals surface area (Å²) in [4.78, 5) is 139. The van der Waals surface area contributed by atoms with Crippen LogP contribution in [-0.2, 0) is 54.4 Å². The number of hydrogen-bond donors (Lipinski definition) is 13. The van der Waals surface area contributed by atoms with Crippen LogP contribution < -0.4 is 54.4 Å². The van der Waals surface area contributed by atoms with Gasteiger partial charge in [0.15, 0.2) is 5.96 Å². The molecule has 1 heterocycles. The molecule has 408 valence electrons. The number of phenols is 1. The SMILES string of the molecule is CCC(C)C(NC(=O)CN)C(=O)NC(CCCN=C(N)N)C(=O)N1CCCC1C(=O)NC(Cc1ccc(O)cc1)C(=O)NC(CCC(=O)O)C(=O)NC(C(=O)NC(CC(C)C)C(=O)NC(C)C(=O)O)C(C)CC. The fourth-order valence-corrected chi connectivity index (χ4v) is 7.91. The van der Waals surface area contributed by atoms with E-state index in [0.29, 0.717) is 24.8 Å². The van der Waals surface area contributed by atoms with Gasteiger partial charge in [-0.1, -0.05) is 66.5 Å². The topological polar surface area (TPSA) is 409 Å². The van der Waals surface area contributed by atoms with Gasteiger partial charge in [-0.15, -0.1) is 0 Å². The highest BCUT2D eigenvalue weighted by Crippen LogP contribution is 2.22. The number of benzene rings is 1. The molecule has 8 amide bonds. The van der Waals surface area contributed by atoms with Crippen LogP contribution in [0.2, 0.25) is 0 Å². The molecule has 1 fully saturated rings. The van der Waals surface area contributed by atoms with Gasteiger partial charge in [-0.3, -0.25) is 52.9 Å². The van der Waals surface area contributed by atoms with Gasteiger partial charge in [0.05, 0.1) is 6.54 Å². The van der Waals surface area contributed by atoms with E-state index in [2.05, 4.69) is 42.2 Å². The second-order valence-electron chi connectivity index (χ2n) is 18.9. The molecular formula is C48H78N12O13. The minimum absolute atomic E-state index is 0.0232. The number of phenolic OH excluding ortho intramolecular Hbond substituents is 1. The van der Waals surface area contributed by atoms with Crippen molar-refractivity contribution >= 4 is 65.2 Å². The Morgan fingerprint density at radius 2 is 1.25 bits per heavy atom. The average Bonchev–Trinajstić information content (AvgIpc) is 3.84. The van der Waals surface area contributed by atoms with Crippen molar-refractivity contribution in [2.45, 2.75) is 161 Å². The van der Waals surface area contributed by atoms with Crippen molar-refractivity contribution in [1.29, 1.82) is 0 Å². The van der Waals surface area contributed by atoms with Crippen LogP contribution in [-0.4, -0.2) is 153 Å². The molecule has 10 unspecified atom stereocenters. The number of rotatable bonds is 31. The predicted octanol–water partition coefficient (Wildman–Crippen LogP) is -1.56. The number of aliphatic imine (C=N–C) groups is 1. The van der Waals surface area contributed by atoms with Crippen molar-refractivity contribution in [2.75, 3.05) is 19.6 Å². The van der Waals surface area contributed by atoms with Crippen LogP contribution in [0.4, 0.5) is 0 Å². The van der Waals surface area contributed by atoms with E-state index in [1.807, 2.05) is 6.92 Å². The Labute approximate surface area is 425 Å². The molecule has 10 atom stereocenters. The number of aliphatic carboxylic acids is 2. The van der Waals surface area contributed by atoms with Gasteiger partial charge in [-0.05, 0) is 80.9 Å². The molecule has 0 aromatic heterocycles. The number of nitrogens with one attached hydrogen (secondary N) is 7. The number of amides is 8. The smallest absolute Gasteiger partial charge is 0.325 e. The highest BCUT2D eigenvalue weighted by Gasteiger charge is 2.41. The van der Waals surface area contributed by atoms with Crippen molar-refractivity contribution in [2.24, 2.45) is 39.9 Å². The number of aromatic hydroxyl groups is 1. The fourth-order valence-electron chi connectivity index (χ4n) is 7.91. The molecule has 1 aliphatic heterocycles. The Morgan fingerprint density at radius 3 is 1.78 bits per heavy atom. The summed E-state index contributed by atoms with van der Waals surface area (Å²) in [5, 5.41) is 47.2. The molecule has 25 nitrogen and oxygen atoms in total. The number of carboxylic acids is 2. The summed E-state index contributed by atoms with van der Waals surface area (Å²) in [6.45, 7) is 11.6. The van der Waals surface area contributed by atoms with Crippen LogP contribution in [0.3, 0.4) is 0 Å². The van der Waals surface area contributed by atoms with Gasteiger partial charge in [0, 0.05) is 25.9 Å². The van der Waals surface area contributed by atoms with E-state index < -0.39 is 126 Å². The molecule has 16 N–H and O–H groups in total. The van der Waals surface area contributed by atoms with Gasteiger partial charge < -0.3 is 74.6 Å². The number of nitrogens with zero attached hydrogens (tertiary/aromatic N) is 2. The van der Waals surface area contributed by atoms with Crippen LogP contribution >= 0.6 is 0 Å². The Balaban J connectivity index is 2.52. The maximum absolute atomic E-state index is 14.4. The monoisotopic (exact) mass is 1030 g/mol. The number of hydrogen-bond acceptors (Lipinski definition) is 13. The molecule has 1 aromatic carbocycles. The Hall–Kier alpha value is -7.05. The first kappa shape index (κ1) is 62.1. The predicted molar refractivity (Wildman–Crippen MR) is 268 cm³/mol. The molecule has 2 rings (SSSR count). The van der Waals surface area contributed by atoms with Gasteiger partial charge in [0.2, 0.25) is 47.3 Å². The second-order valence-corrected chi connectivity index (χ2v) is 18.9. The van der Waals surface area contributed by atoms with Crippen molar-refractivity contribution in [3.05, 3.63) is 29.8 Å². The zero-order valence-electron chi connectivity index (χ0n) is 42.9. The zero-order valence-corrected chi connectivity index (χ0v) is 42.9. The van der Waals surface area contributed by atoms with E-state index in [-0.39, 0.29) is 75.3 Å². The Kier molecular flexibility index (Phi) is 26.1. The van der Waals surface area contributed by atoms with E-state index in [0.717, 1.165) is 0 Å². The van der Waals surface area contributed by atoms with E-state index in [4.69, 9.17) is 17.2 Å². The zero-order chi connectivity index (χ0) is 55.1. The van der Waals surface area contributed by atoms with Crippen LogP contribution in [0.25, 0.3) is 0 Å². The van der Waals surface area contributed by atoms with E-state index >= 15 is 0 Å². The summed E-state index contributed by atoms with van der Waals surface area (Å²) in [6, 6.07) is -4.65. The fraction of sp³-hybridized carbons (Fsp3) is 0.646. The van der Waals surface area contributed by atoms with Crippen molar-refractivity contribution in [3.8, 4) is 5.75 Å². The lowest BCUT2D eigenvalue weighted by molar-refractivity contribution is -0.143. The summed E-state index contributed by atoms with van der Waals surface area (Å²) in [7, 11) is 0. The number of likely N-dealkylation sites (tertiary alicyclic amines) is 1. The third kappa shape index (κ3) is 20.9. The van der Waals surface area contributed by atoms with Gasteiger partial charge in [0.1, 0.15) is 54.1 Å². The summed E-state index contributed by atoms with van der Waals surface area (Å²) < 4.78 is 0. The first-order chi connectivity index (χ1) is 34.3. The van der Waals surface area contributed by atoms with Gasteiger partial charge in [-0.25, -0.2) is 0 Å².